The van der Waals surface area contributed by atoms with Crippen LogP contribution in [0.2, 0.25) is 0 Å². The third kappa shape index (κ3) is 3.21. The number of nitrogens with two attached hydrogens (primary N) is 1. The Labute approximate surface area is 120 Å². The van der Waals surface area contributed by atoms with E-state index in [1.807, 2.05) is 36.4 Å². The third-order valence-corrected chi connectivity index (χ3v) is 4.60. The van der Waals surface area contributed by atoms with Gasteiger partial charge in [0.25, 0.3) is 0 Å². The van der Waals surface area contributed by atoms with Crippen molar-refractivity contribution in [3.05, 3.63) is 52.5 Å². The van der Waals surface area contributed by atoms with Gasteiger partial charge in [-0.25, -0.2) is 0 Å². The lowest BCUT2D eigenvalue weighted by Crippen LogP contribution is -1.93. The molecule has 2 aromatic rings. The Bertz CT molecular complexity index is 545. The van der Waals surface area contributed by atoms with Gasteiger partial charge in [-0.05, 0) is 46.3 Å². The zero-order valence-corrected chi connectivity index (χ0v) is 12.4. The molecule has 0 aliphatic carbocycles. The first kappa shape index (κ1) is 13.3. The Morgan fingerprint density at radius 1 is 1.22 bits per heavy atom. The number of hydrogen-bond acceptors (Lipinski definition) is 3. The zero-order chi connectivity index (χ0) is 13.0. The standard InChI is InChI=1S/C14H14BrNOS/c1-17-13-7-6-11(16)8-10(13)9-18-14-5-3-2-4-12(14)15/h2-8H,9,16H2,1H3. The first-order valence-corrected chi connectivity index (χ1v) is 7.28. The Balaban J connectivity index is 2.15. The summed E-state index contributed by atoms with van der Waals surface area (Å²) in [5.41, 5.74) is 7.68. The molecule has 0 aliphatic rings. The van der Waals surface area contributed by atoms with E-state index in [9.17, 15) is 0 Å². The third-order valence-electron chi connectivity index (χ3n) is 2.52. The van der Waals surface area contributed by atoms with Gasteiger partial charge in [-0.2, -0.15) is 0 Å². The highest BCUT2D eigenvalue weighted by atomic mass is 79.9. The van der Waals surface area contributed by atoms with E-state index in [1.54, 1.807) is 18.9 Å². The monoisotopic (exact) mass is 323 g/mol. The molecule has 94 valence electrons. The summed E-state index contributed by atoms with van der Waals surface area (Å²) < 4.78 is 6.45. The summed E-state index contributed by atoms with van der Waals surface area (Å²) >= 11 is 5.30. The zero-order valence-electron chi connectivity index (χ0n) is 10.0. The van der Waals surface area contributed by atoms with Crippen LogP contribution in [-0.2, 0) is 5.75 Å². The number of nitrogen functional groups attached to an aromatic ring is 1. The number of benzene rings is 2. The highest BCUT2D eigenvalue weighted by Crippen LogP contribution is 2.33. The Hall–Kier alpha value is -1.13. The molecule has 2 nitrogen and oxygen atoms in total. The lowest BCUT2D eigenvalue weighted by Gasteiger charge is -2.09. The van der Waals surface area contributed by atoms with Crippen LogP contribution < -0.4 is 10.5 Å². The molecule has 0 aliphatic heterocycles. The number of hydrogen-bond donors (Lipinski definition) is 1. The van der Waals surface area contributed by atoms with Crippen LogP contribution in [0.5, 0.6) is 5.75 Å². The van der Waals surface area contributed by atoms with Crippen molar-refractivity contribution in [2.75, 3.05) is 12.8 Å². The molecule has 0 fully saturated rings. The fraction of sp³-hybridized carbons (Fsp3) is 0.143. The normalized spacial score (nSPS) is 10.3. The molecular formula is C14H14BrNOS. The maximum atomic E-state index is 5.81. The quantitative estimate of drug-likeness (QED) is 0.671. The molecule has 0 radical (unpaired) electrons. The number of methoxy groups -OCH3 is 1. The van der Waals surface area contributed by atoms with Gasteiger partial charge in [0.1, 0.15) is 5.75 Å². The second-order valence-corrected chi connectivity index (χ2v) is 5.66. The van der Waals surface area contributed by atoms with Gasteiger partial charge in [0.15, 0.2) is 0 Å². The summed E-state index contributed by atoms with van der Waals surface area (Å²) in [6, 6.07) is 13.9. The van der Waals surface area contributed by atoms with Crippen LogP contribution in [0.25, 0.3) is 0 Å². The molecule has 2 rings (SSSR count). The van der Waals surface area contributed by atoms with Gasteiger partial charge in [0.05, 0.1) is 7.11 Å². The van der Waals surface area contributed by atoms with Crippen molar-refractivity contribution >= 4 is 33.4 Å². The van der Waals surface area contributed by atoms with E-state index in [1.165, 1.54) is 4.90 Å². The van der Waals surface area contributed by atoms with Crippen molar-refractivity contribution in [2.24, 2.45) is 0 Å². The second-order valence-electron chi connectivity index (χ2n) is 3.79. The van der Waals surface area contributed by atoms with E-state index in [2.05, 4.69) is 22.0 Å². The van der Waals surface area contributed by atoms with Crippen molar-refractivity contribution in [3.63, 3.8) is 0 Å². The number of rotatable bonds is 4. The molecule has 2 N–H and O–H groups in total. The number of thioether (sulfide) groups is 1. The summed E-state index contributed by atoms with van der Waals surface area (Å²) in [7, 11) is 1.68. The van der Waals surface area contributed by atoms with E-state index < -0.39 is 0 Å². The first-order valence-electron chi connectivity index (χ1n) is 5.50. The lowest BCUT2D eigenvalue weighted by atomic mass is 10.2. The average molecular weight is 324 g/mol. The number of ether oxygens (including phenoxy) is 1. The average Bonchev–Trinajstić information content (AvgIpc) is 2.38. The van der Waals surface area contributed by atoms with E-state index >= 15 is 0 Å². The van der Waals surface area contributed by atoms with E-state index in [0.29, 0.717) is 0 Å². The van der Waals surface area contributed by atoms with Gasteiger partial charge in [-0.15, -0.1) is 11.8 Å². The van der Waals surface area contributed by atoms with Crippen LogP contribution in [-0.4, -0.2) is 7.11 Å². The molecule has 0 spiro atoms. The van der Waals surface area contributed by atoms with Gasteiger partial charge in [-0.3, -0.25) is 0 Å². The Morgan fingerprint density at radius 2 is 2.00 bits per heavy atom. The van der Waals surface area contributed by atoms with Crippen LogP contribution >= 0.6 is 27.7 Å². The molecule has 0 unspecified atom stereocenters. The Morgan fingerprint density at radius 3 is 2.72 bits per heavy atom. The molecule has 0 bridgehead atoms. The van der Waals surface area contributed by atoms with Crippen molar-refractivity contribution in [3.8, 4) is 5.75 Å². The number of halogens is 1. The molecule has 0 saturated heterocycles. The van der Waals surface area contributed by atoms with Crippen LogP contribution in [0, 0.1) is 0 Å². The van der Waals surface area contributed by atoms with Gasteiger partial charge < -0.3 is 10.5 Å². The van der Waals surface area contributed by atoms with Crippen molar-refractivity contribution in [1.82, 2.24) is 0 Å². The van der Waals surface area contributed by atoms with Gasteiger partial charge in [0, 0.05) is 26.4 Å². The fourth-order valence-corrected chi connectivity index (χ4v) is 3.17. The van der Waals surface area contributed by atoms with E-state index in [4.69, 9.17) is 10.5 Å². The summed E-state index contributed by atoms with van der Waals surface area (Å²) in [6.07, 6.45) is 0. The van der Waals surface area contributed by atoms with E-state index in [0.717, 1.165) is 27.2 Å². The van der Waals surface area contributed by atoms with Gasteiger partial charge >= 0.3 is 0 Å². The first-order chi connectivity index (χ1) is 8.70. The van der Waals surface area contributed by atoms with Crippen molar-refractivity contribution in [1.29, 1.82) is 0 Å². The molecule has 0 saturated carbocycles. The molecule has 2 aromatic carbocycles. The summed E-state index contributed by atoms with van der Waals surface area (Å²) in [6.45, 7) is 0. The molecule has 0 atom stereocenters. The summed E-state index contributed by atoms with van der Waals surface area (Å²) in [5, 5.41) is 0. The second kappa shape index (κ2) is 6.16. The molecule has 0 amide bonds. The van der Waals surface area contributed by atoms with Crippen molar-refractivity contribution < 1.29 is 4.74 Å². The number of anilines is 1. The Kier molecular flexibility index (Phi) is 4.55. The maximum absolute atomic E-state index is 5.81. The predicted octanol–water partition coefficient (Wildman–Crippen LogP) is 4.33. The van der Waals surface area contributed by atoms with Gasteiger partial charge in [0.2, 0.25) is 0 Å². The molecule has 0 heterocycles. The smallest absolute Gasteiger partial charge is 0.123 e. The molecule has 0 aromatic heterocycles. The van der Waals surface area contributed by atoms with Crippen LogP contribution in [0.15, 0.2) is 51.8 Å². The predicted molar refractivity (Wildman–Crippen MR) is 81.1 cm³/mol. The minimum atomic E-state index is 0.763. The minimum Gasteiger partial charge on any atom is -0.496 e. The molecule has 4 heteroatoms. The molecule has 18 heavy (non-hydrogen) atoms. The van der Waals surface area contributed by atoms with Crippen LogP contribution in [0.3, 0.4) is 0 Å². The minimum absolute atomic E-state index is 0.763. The highest BCUT2D eigenvalue weighted by Gasteiger charge is 2.06. The highest BCUT2D eigenvalue weighted by molar-refractivity contribution is 9.10. The summed E-state index contributed by atoms with van der Waals surface area (Å²) in [5.74, 6) is 1.71. The van der Waals surface area contributed by atoms with E-state index in [-0.39, 0.29) is 0 Å². The topological polar surface area (TPSA) is 35.2 Å². The maximum Gasteiger partial charge on any atom is 0.123 e. The molecular weight excluding hydrogens is 310 g/mol. The fourth-order valence-electron chi connectivity index (χ4n) is 1.63. The van der Waals surface area contributed by atoms with Crippen molar-refractivity contribution in [2.45, 2.75) is 10.6 Å². The lowest BCUT2D eigenvalue weighted by molar-refractivity contribution is 0.411. The largest absolute Gasteiger partial charge is 0.496 e. The summed E-state index contributed by atoms with van der Waals surface area (Å²) in [4.78, 5) is 1.21. The SMILES string of the molecule is COc1ccc(N)cc1CSc1ccccc1Br. The van der Waals surface area contributed by atoms with Gasteiger partial charge in [-0.1, -0.05) is 12.1 Å². The van der Waals surface area contributed by atoms with Crippen LogP contribution in [0.1, 0.15) is 5.56 Å². The van der Waals surface area contributed by atoms with Crippen LogP contribution in [0.4, 0.5) is 5.69 Å².